The molecule has 0 aliphatic rings. The Morgan fingerprint density at radius 3 is 2.59 bits per heavy atom. The number of hydrogen-bond acceptors (Lipinski definition) is 4. The fraction of sp³-hybridized carbons (Fsp3) is 0. The van der Waals surface area contributed by atoms with Gasteiger partial charge in [0.05, 0.1) is 10.6 Å². The Labute approximate surface area is 103 Å². The maximum atomic E-state index is 12.2. The first-order valence-electron chi connectivity index (χ1n) is 4.90. The van der Waals surface area contributed by atoms with Crippen LogP contribution in [0.3, 0.4) is 0 Å². The van der Waals surface area contributed by atoms with Crippen molar-refractivity contribution in [2.45, 2.75) is 0 Å². The summed E-state index contributed by atoms with van der Waals surface area (Å²) in [7, 11) is 0. The molecule has 1 heterocycles. The second kappa shape index (κ2) is 4.43. The van der Waals surface area contributed by atoms with E-state index in [0.717, 1.165) is 0 Å². The molecule has 17 heavy (non-hydrogen) atoms. The van der Waals surface area contributed by atoms with E-state index in [9.17, 15) is 4.79 Å². The molecule has 5 heteroatoms. The Kier molecular flexibility index (Phi) is 2.97. The second-order valence-corrected chi connectivity index (χ2v) is 3.94. The lowest BCUT2D eigenvalue weighted by Crippen LogP contribution is -2.09. The molecule has 0 atom stereocenters. The molecule has 0 unspecified atom stereocenters. The van der Waals surface area contributed by atoms with Crippen LogP contribution >= 0.6 is 11.6 Å². The zero-order valence-electron chi connectivity index (χ0n) is 8.85. The number of ketones is 1. The first kappa shape index (κ1) is 11.4. The quantitative estimate of drug-likeness (QED) is 0.629. The summed E-state index contributed by atoms with van der Waals surface area (Å²) in [6, 6.07) is 8.27. The Bertz CT molecular complexity index is 584. The molecule has 2 aromatic rings. The number of anilines is 2. The number of para-hydroxylation sites is 1. The van der Waals surface area contributed by atoms with Gasteiger partial charge in [-0.05, 0) is 18.2 Å². The van der Waals surface area contributed by atoms with Crippen LogP contribution in [-0.2, 0) is 0 Å². The Morgan fingerprint density at radius 2 is 1.88 bits per heavy atom. The number of aromatic nitrogens is 1. The summed E-state index contributed by atoms with van der Waals surface area (Å²) < 4.78 is 0. The van der Waals surface area contributed by atoms with Crippen molar-refractivity contribution in [1.29, 1.82) is 0 Å². The van der Waals surface area contributed by atoms with Crippen molar-refractivity contribution in [3.05, 3.63) is 52.7 Å². The third-order valence-corrected chi connectivity index (χ3v) is 2.54. The van der Waals surface area contributed by atoms with Crippen LogP contribution in [0, 0.1) is 0 Å². The number of hydrogen-bond donors (Lipinski definition) is 2. The summed E-state index contributed by atoms with van der Waals surface area (Å²) in [4.78, 5) is 16.0. The van der Waals surface area contributed by atoms with Gasteiger partial charge in [0.2, 0.25) is 0 Å². The maximum Gasteiger partial charge on any atom is 0.198 e. The summed E-state index contributed by atoms with van der Waals surface area (Å²) in [5.74, 6) is -0.141. The molecule has 1 aromatic carbocycles. The molecule has 2 rings (SSSR count). The number of nitrogens with zero attached hydrogens (tertiary/aromatic N) is 1. The standard InChI is InChI=1S/C12H10ClN3O/c13-7-5-9(12(15)16-6-7)11(17)8-3-1-2-4-10(8)14/h1-6H,14H2,(H2,15,16). The molecule has 4 N–H and O–H groups in total. The number of carbonyl (C=O) groups excluding carboxylic acids is 1. The normalized spacial score (nSPS) is 10.2. The van der Waals surface area contributed by atoms with Crippen LogP contribution in [0.25, 0.3) is 0 Å². The van der Waals surface area contributed by atoms with E-state index in [-0.39, 0.29) is 17.2 Å². The van der Waals surface area contributed by atoms with Gasteiger partial charge in [-0.3, -0.25) is 4.79 Å². The predicted octanol–water partition coefficient (Wildman–Crippen LogP) is 2.13. The lowest BCUT2D eigenvalue weighted by molar-refractivity contribution is 0.104. The minimum atomic E-state index is -0.282. The van der Waals surface area contributed by atoms with Crippen molar-refractivity contribution in [1.82, 2.24) is 4.98 Å². The van der Waals surface area contributed by atoms with Crippen molar-refractivity contribution in [3.63, 3.8) is 0 Å². The molecule has 1 aromatic heterocycles. The van der Waals surface area contributed by atoms with Gasteiger partial charge in [0.25, 0.3) is 0 Å². The second-order valence-electron chi connectivity index (χ2n) is 3.50. The van der Waals surface area contributed by atoms with Gasteiger partial charge in [-0.15, -0.1) is 0 Å². The zero-order chi connectivity index (χ0) is 12.4. The summed E-state index contributed by atoms with van der Waals surface area (Å²) in [5.41, 5.74) is 12.4. The van der Waals surface area contributed by atoms with Crippen molar-refractivity contribution in [2.75, 3.05) is 11.5 Å². The molecular formula is C12H10ClN3O. The number of carbonyl (C=O) groups is 1. The van der Waals surface area contributed by atoms with E-state index in [1.807, 2.05) is 0 Å². The van der Waals surface area contributed by atoms with Gasteiger partial charge in [0.15, 0.2) is 5.78 Å². The monoisotopic (exact) mass is 247 g/mol. The lowest BCUT2D eigenvalue weighted by atomic mass is 10.0. The van der Waals surface area contributed by atoms with Gasteiger partial charge in [-0.2, -0.15) is 0 Å². The Balaban J connectivity index is 2.51. The first-order chi connectivity index (χ1) is 8.09. The van der Waals surface area contributed by atoms with Crippen molar-refractivity contribution >= 4 is 28.9 Å². The lowest BCUT2D eigenvalue weighted by Gasteiger charge is -2.06. The molecule has 0 fully saturated rings. The smallest absolute Gasteiger partial charge is 0.198 e. The highest BCUT2D eigenvalue weighted by atomic mass is 35.5. The van der Waals surface area contributed by atoms with Crippen LogP contribution in [0.2, 0.25) is 5.02 Å². The van der Waals surface area contributed by atoms with Gasteiger partial charge < -0.3 is 11.5 Å². The van der Waals surface area contributed by atoms with Gasteiger partial charge in [0.1, 0.15) is 5.82 Å². The summed E-state index contributed by atoms with van der Waals surface area (Å²) in [6.45, 7) is 0. The third kappa shape index (κ3) is 2.21. The summed E-state index contributed by atoms with van der Waals surface area (Å²) in [5, 5.41) is 0.358. The molecule has 0 amide bonds. The van der Waals surface area contributed by atoms with Gasteiger partial charge in [0, 0.05) is 17.4 Å². The van der Waals surface area contributed by atoms with E-state index in [0.29, 0.717) is 16.3 Å². The number of benzene rings is 1. The van der Waals surface area contributed by atoms with E-state index in [2.05, 4.69) is 4.98 Å². The molecule has 0 aliphatic carbocycles. The van der Waals surface area contributed by atoms with Crippen LogP contribution < -0.4 is 11.5 Å². The number of pyridine rings is 1. The van der Waals surface area contributed by atoms with Crippen LogP contribution in [0.1, 0.15) is 15.9 Å². The van der Waals surface area contributed by atoms with Crippen molar-refractivity contribution < 1.29 is 4.79 Å². The summed E-state index contributed by atoms with van der Waals surface area (Å²) >= 11 is 5.79. The van der Waals surface area contributed by atoms with E-state index in [1.54, 1.807) is 24.3 Å². The van der Waals surface area contributed by atoms with Crippen LogP contribution in [0.4, 0.5) is 11.5 Å². The van der Waals surface area contributed by atoms with Gasteiger partial charge in [-0.1, -0.05) is 23.7 Å². The average Bonchev–Trinajstić information content (AvgIpc) is 2.32. The van der Waals surface area contributed by atoms with E-state index >= 15 is 0 Å². The van der Waals surface area contributed by atoms with Crippen LogP contribution in [0.15, 0.2) is 36.5 Å². The van der Waals surface area contributed by atoms with Crippen molar-refractivity contribution in [3.8, 4) is 0 Å². The van der Waals surface area contributed by atoms with Gasteiger partial charge >= 0.3 is 0 Å². The van der Waals surface area contributed by atoms with Crippen molar-refractivity contribution in [2.24, 2.45) is 0 Å². The average molecular weight is 248 g/mol. The molecular weight excluding hydrogens is 238 g/mol. The molecule has 0 saturated carbocycles. The van der Waals surface area contributed by atoms with Crippen LogP contribution in [-0.4, -0.2) is 10.8 Å². The minimum Gasteiger partial charge on any atom is -0.398 e. The largest absolute Gasteiger partial charge is 0.398 e. The van der Waals surface area contributed by atoms with Gasteiger partial charge in [-0.25, -0.2) is 4.98 Å². The highest BCUT2D eigenvalue weighted by Crippen LogP contribution is 2.21. The minimum absolute atomic E-state index is 0.141. The highest BCUT2D eigenvalue weighted by Gasteiger charge is 2.15. The maximum absolute atomic E-state index is 12.2. The van der Waals surface area contributed by atoms with Crippen LogP contribution in [0.5, 0.6) is 0 Å². The molecule has 0 bridgehead atoms. The molecule has 86 valence electrons. The van der Waals surface area contributed by atoms with E-state index in [1.165, 1.54) is 12.3 Å². The number of nitrogen functional groups attached to an aromatic ring is 2. The molecule has 0 spiro atoms. The molecule has 4 nitrogen and oxygen atoms in total. The summed E-state index contributed by atoms with van der Waals surface area (Å²) in [6.07, 6.45) is 1.39. The first-order valence-corrected chi connectivity index (χ1v) is 5.27. The fourth-order valence-electron chi connectivity index (χ4n) is 1.48. The highest BCUT2D eigenvalue weighted by molar-refractivity contribution is 6.31. The number of halogens is 1. The topological polar surface area (TPSA) is 82.0 Å². The SMILES string of the molecule is Nc1ccccc1C(=O)c1cc(Cl)cnc1N. The Hall–Kier alpha value is -2.07. The molecule has 0 aliphatic heterocycles. The molecule has 0 saturated heterocycles. The molecule has 0 radical (unpaired) electrons. The number of rotatable bonds is 2. The zero-order valence-corrected chi connectivity index (χ0v) is 9.61. The third-order valence-electron chi connectivity index (χ3n) is 2.34. The number of nitrogens with two attached hydrogens (primary N) is 2. The Morgan fingerprint density at radius 1 is 1.18 bits per heavy atom. The van der Waals surface area contributed by atoms with E-state index < -0.39 is 0 Å². The van der Waals surface area contributed by atoms with E-state index in [4.69, 9.17) is 23.1 Å². The predicted molar refractivity (Wildman–Crippen MR) is 67.9 cm³/mol. The fourth-order valence-corrected chi connectivity index (χ4v) is 1.64.